The molecule has 9 heteroatoms. The lowest BCUT2D eigenvalue weighted by Gasteiger charge is -2.12. The maximum atomic E-state index is 12.3. The minimum Gasteiger partial charge on any atom is -0.481 e. The fraction of sp³-hybridized carbons (Fsp3) is 0.263. The fourth-order valence-corrected chi connectivity index (χ4v) is 2.33. The molecule has 2 heterocycles. The molecule has 0 saturated heterocycles. The van der Waals surface area contributed by atoms with Gasteiger partial charge in [-0.3, -0.25) is 4.79 Å². The summed E-state index contributed by atoms with van der Waals surface area (Å²) in [5.41, 5.74) is 0.605. The minimum atomic E-state index is -0.661. The number of nitrogens with one attached hydrogen (secondary N) is 3. The zero-order valence-corrected chi connectivity index (χ0v) is 16.0. The van der Waals surface area contributed by atoms with E-state index in [4.69, 9.17) is 9.26 Å². The van der Waals surface area contributed by atoms with Crippen LogP contribution < -0.4 is 21.1 Å². The first-order valence-electron chi connectivity index (χ1n) is 8.55. The van der Waals surface area contributed by atoms with Crippen LogP contribution in [0.5, 0.6) is 5.88 Å². The Morgan fingerprint density at radius 2 is 1.82 bits per heavy atom. The SMILES string of the molecule is COc1cc(C(=O)Nc2ccc(Nc3cc(C(C)(C)C)on3)cc2)[nH]c(=O)n1. The Labute approximate surface area is 161 Å². The van der Waals surface area contributed by atoms with Gasteiger partial charge in [-0.05, 0) is 24.3 Å². The molecular formula is C19H21N5O4. The van der Waals surface area contributed by atoms with Crippen LogP contribution in [0.1, 0.15) is 37.0 Å². The predicted octanol–water partition coefficient (Wildman–Crippen LogP) is 3.06. The van der Waals surface area contributed by atoms with Crippen LogP contribution in [0.2, 0.25) is 0 Å². The molecule has 0 fully saturated rings. The van der Waals surface area contributed by atoms with E-state index in [1.54, 1.807) is 24.3 Å². The Bertz CT molecular complexity index is 1030. The maximum Gasteiger partial charge on any atom is 0.348 e. The number of hydrogen-bond acceptors (Lipinski definition) is 7. The number of rotatable bonds is 5. The van der Waals surface area contributed by atoms with Crippen molar-refractivity contribution in [1.82, 2.24) is 15.1 Å². The molecule has 0 aliphatic rings. The Balaban J connectivity index is 1.67. The number of carbonyl (C=O) groups excluding carboxylic acids is 1. The number of aromatic amines is 1. The lowest BCUT2D eigenvalue weighted by atomic mass is 9.93. The second kappa shape index (κ2) is 7.55. The summed E-state index contributed by atoms with van der Waals surface area (Å²) in [4.78, 5) is 29.7. The average Bonchev–Trinajstić information content (AvgIpc) is 3.11. The molecule has 3 N–H and O–H groups in total. The first-order chi connectivity index (χ1) is 13.2. The number of methoxy groups -OCH3 is 1. The Morgan fingerprint density at radius 1 is 1.14 bits per heavy atom. The highest BCUT2D eigenvalue weighted by molar-refractivity contribution is 6.03. The summed E-state index contributed by atoms with van der Waals surface area (Å²) in [7, 11) is 1.37. The topological polar surface area (TPSA) is 122 Å². The summed E-state index contributed by atoms with van der Waals surface area (Å²) in [5, 5.41) is 9.84. The van der Waals surface area contributed by atoms with Gasteiger partial charge in [-0.15, -0.1) is 0 Å². The van der Waals surface area contributed by atoms with Gasteiger partial charge in [0, 0.05) is 28.9 Å². The molecule has 0 spiro atoms. The van der Waals surface area contributed by atoms with Crippen LogP contribution >= 0.6 is 0 Å². The second-order valence-electron chi connectivity index (χ2n) is 7.13. The van der Waals surface area contributed by atoms with Gasteiger partial charge in [0.2, 0.25) is 5.88 Å². The molecule has 1 aromatic carbocycles. The molecule has 0 bridgehead atoms. The summed E-state index contributed by atoms with van der Waals surface area (Å²) in [6, 6.07) is 10.2. The number of carbonyl (C=O) groups is 1. The number of ether oxygens (including phenoxy) is 1. The lowest BCUT2D eigenvalue weighted by molar-refractivity contribution is 0.102. The molecule has 9 nitrogen and oxygen atoms in total. The maximum absolute atomic E-state index is 12.3. The van der Waals surface area contributed by atoms with Crippen molar-refractivity contribution in [2.24, 2.45) is 0 Å². The van der Waals surface area contributed by atoms with Crippen molar-refractivity contribution in [2.45, 2.75) is 26.2 Å². The van der Waals surface area contributed by atoms with Gasteiger partial charge in [-0.25, -0.2) is 4.79 Å². The normalized spacial score (nSPS) is 11.1. The van der Waals surface area contributed by atoms with Crippen LogP contribution in [-0.2, 0) is 5.41 Å². The number of anilines is 3. The molecule has 0 atom stereocenters. The third kappa shape index (κ3) is 4.56. The van der Waals surface area contributed by atoms with E-state index in [0.29, 0.717) is 11.5 Å². The second-order valence-corrected chi connectivity index (χ2v) is 7.13. The van der Waals surface area contributed by atoms with Crippen LogP contribution in [0.4, 0.5) is 17.2 Å². The van der Waals surface area contributed by atoms with E-state index in [1.165, 1.54) is 13.2 Å². The van der Waals surface area contributed by atoms with E-state index in [-0.39, 0.29) is 17.0 Å². The molecule has 0 aliphatic carbocycles. The number of hydrogen-bond donors (Lipinski definition) is 3. The van der Waals surface area contributed by atoms with Gasteiger partial charge in [-0.1, -0.05) is 25.9 Å². The zero-order valence-electron chi connectivity index (χ0n) is 16.0. The molecule has 146 valence electrons. The van der Waals surface area contributed by atoms with Crippen LogP contribution in [0.3, 0.4) is 0 Å². The first kappa shape index (κ1) is 19.2. The van der Waals surface area contributed by atoms with Crippen molar-refractivity contribution in [3.63, 3.8) is 0 Å². The lowest BCUT2D eigenvalue weighted by Crippen LogP contribution is -2.20. The summed E-state index contributed by atoms with van der Waals surface area (Å²) in [6.45, 7) is 6.13. The summed E-state index contributed by atoms with van der Waals surface area (Å²) in [6.07, 6.45) is 0. The van der Waals surface area contributed by atoms with Crippen LogP contribution in [-0.4, -0.2) is 28.1 Å². The smallest absolute Gasteiger partial charge is 0.348 e. The van der Waals surface area contributed by atoms with Gasteiger partial charge in [0.1, 0.15) is 11.5 Å². The molecule has 0 radical (unpaired) electrons. The van der Waals surface area contributed by atoms with E-state index in [2.05, 4.69) is 25.8 Å². The molecule has 28 heavy (non-hydrogen) atoms. The molecule has 3 rings (SSSR count). The summed E-state index contributed by atoms with van der Waals surface area (Å²) < 4.78 is 10.2. The zero-order chi connectivity index (χ0) is 20.3. The van der Waals surface area contributed by atoms with Gasteiger partial charge >= 0.3 is 5.69 Å². The predicted molar refractivity (Wildman–Crippen MR) is 104 cm³/mol. The Kier molecular flexibility index (Phi) is 5.16. The third-order valence-electron chi connectivity index (χ3n) is 3.84. The standard InChI is InChI=1S/C19H21N5O4/c1-19(2,3)14-10-15(24-28-14)20-11-5-7-12(8-6-11)21-17(25)13-9-16(27-4)23-18(26)22-13/h5-10H,1-4H3,(H,20,24)(H,21,25)(H,22,23,26). The molecule has 0 saturated carbocycles. The summed E-state index contributed by atoms with van der Waals surface area (Å²) >= 11 is 0. The van der Waals surface area contributed by atoms with E-state index >= 15 is 0 Å². The van der Waals surface area contributed by atoms with Gasteiger partial charge in [-0.2, -0.15) is 4.98 Å². The number of aromatic nitrogens is 3. The molecule has 3 aromatic rings. The largest absolute Gasteiger partial charge is 0.481 e. The van der Waals surface area contributed by atoms with Crippen LogP contribution in [0.15, 0.2) is 45.7 Å². The fourth-order valence-electron chi connectivity index (χ4n) is 2.33. The van der Waals surface area contributed by atoms with Crippen molar-refractivity contribution >= 4 is 23.1 Å². The Morgan fingerprint density at radius 3 is 2.43 bits per heavy atom. The van der Waals surface area contributed by atoms with Crippen LogP contribution in [0, 0.1) is 0 Å². The number of benzene rings is 1. The van der Waals surface area contributed by atoms with Crippen molar-refractivity contribution in [1.29, 1.82) is 0 Å². The van der Waals surface area contributed by atoms with Crippen LogP contribution in [0.25, 0.3) is 0 Å². The first-order valence-corrected chi connectivity index (χ1v) is 8.55. The van der Waals surface area contributed by atoms with Crippen molar-refractivity contribution in [3.05, 3.63) is 58.3 Å². The molecule has 1 amide bonds. The van der Waals surface area contributed by atoms with Gasteiger partial charge < -0.3 is 24.9 Å². The highest BCUT2D eigenvalue weighted by Crippen LogP contribution is 2.26. The summed E-state index contributed by atoms with van der Waals surface area (Å²) in [5.74, 6) is 0.962. The molecular weight excluding hydrogens is 362 g/mol. The average molecular weight is 383 g/mol. The number of amides is 1. The van der Waals surface area contributed by atoms with Crippen molar-refractivity contribution in [2.75, 3.05) is 17.7 Å². The van der Waals surface area contributed by atoms with Gasteiger partial charge in [0.05, 0.1) is 7.11 Å². The van der Waals surface area contributed by atoms with E-state index in [0.717, 1.165) is 11.4 Å². The van der Waals surface area contributed by atoms with Gasteiger partial charge in [0.25, 0.3) is 5.91 Å². The molecule has 0 aliphatic heterocycles. The quantitative estimate of drug-likeness (QED) is 0.619. The van der Waals surface area contributed by atoms with Crippen molar-refractivity contribution < 1.29 is 14.1 Å². The van der Waals surface area contributed by atoms with Gasteiger partial charge in [0.15, 0.2) is 5.82 Å². The minimum absolute atomic E-state index is 0.0522. The Hall–Kier alpha value is -3.62. The van der Waals surface area contributed by atoms with Crippen molar-refractivity contribution in [3.8, 4) is 5.88 Å². The van der Waals surface area contributed by atoms with E-state index < -0.39 is 11.6 Å². The number of nitrogens with zero attached hydrogens (tertiary/aromatic N) is 2. The third-order valence-corrected chi connectivity index (χ3v) is 3.84. The highest BCUT2D eigenvalue weighted by Gasteiger charge is 2.19. The molecule has 0 unspecified atom stereocenters. The molecule has 2 aromatic heterocycles. The van der Waals surface area contributed by atoms with E-state index in [9.17, 15) is 9.59 Å². The number of H-pyrrole nitrogens is 1. The monoisotopic (exact) mass is 383 g/mol. The van der Waals surface area contributed by atoms with E-state index in [1.807, 2.05) is 26.8 Å². The highest BCUT2D eigenvalue weighted by atomic mass is 16.5.